The Morgan fingerprint density at radius 1 is 1.56 bits per heavy atom. The lowest BCUT2D eigenvalue weighted by Crippen LogP contribution is -2.49. The zero-order chi connectivity index (χ0) is 12.8. The van der Waals surface area contributed by atoms with Crippen LogP contribution >= 0.6 is 12.2 Å². The van der Waals surface area contributed by atoms with Crippen LogP contribution < -0.4 is 15.2 Å². The van der Waals surface area contributed by atoms with E-state index in [1.807, 2.05) is 6.92 Å². The number of hydrogen-bond donors (Lipinski definition) is 3. The highest BCUT2D eigenvalue weighted by molar-refractivity contribution is 7.88. The second kappa shape index (κ2) is 6.61. The first kappa shape index (κ1) is 15.1. The summed E-state index contributed by atoms with van der Waals surface area (Å²) in [5.74, 6) is 0. The maximum absolute atomic E-state index is 11.4. The highest BCUT2D eigenvalue weighted by atomic mass is 32.2. The van der Waals surface area contributed by atoms with E-state index < -0.39 is 22.3 Å². The smallest absolute Gasteiger partial charge is 0.421 e. The molecule has 0 aliphatic heterocycles. The summed E-state index contributed by atoms with van der Waals surface area (Å²) >= 11 is 4.70. The van der Waals surface area contributed by atoms with Crippen molar-refractivity contribution in [3.8, 4) is 0 Å². The Morgan fingerprint density at radius 3 is 2.50 bits per heavy atom. The molecule has 16 heavy (non-hydrogen) atoms. The van der Waals surface area contributed by atoms with Gasteiger partial charge in [0.2, 0.25) is 0 Å². The SMILES string of the molecule is CCCC(NS(=O)(=O)NC(=O)OC)C(N)=S. The zero-order valence-electron chi connectivity index (χ0n) is 9.02. The van der Waals surface area contributed by atoms with Gasteiger partial charge in [-0.3, -0.25) is 0 Å². The maximum Gasteiger partial charge on any atom is 0.421 e. The molecule has 1 unspecified atom stereocenters. The fourth-order valence-corrected chi connectivity index (χ4v) is 2.15. The van der Waals surface area contributed by atoms with Crippen molar-refractivity contribution >= 4 is 33.5 Å². The Hall–Kier alpha value is -0.930. The number of ether oxygens (including phenoxy) is 1. The number of nitrogens with two attached hydrogens (primary N) is 1. The minimum Gasteiger partial charge on any atom is -0.452 e. The van der Waals surface area contributed by atoms with E-state index in [2.05, 4.69) is 9.46 Å². The summed E-state index contributed by atoms with van der Waals surface area (Å²) in [4.78, 5) is 10.7. The molecule has 0 aromatic heterocycles. The molecule has 0 saturated heterocycles. The highest BCUT2D eigenvalue weighted by Crippen LogP contribution is 1.98. The van der Waals surface area contributed by atoms with Crippen molar-refractivity contribution in [2.75, 3.05) is 7.11 Å². The van der Waals surface area contributed by atoms with Crippen molar-refractivity contribution in [1.29, 1.82) is 0 Å². The van der Waals surface area contributed by atoms with Gasteiger partial charge in [-0.05, 0) is 6.42 Å². The number of hydrogen-bond acceptors (Lipinski definition) is 5. The minimum atomic E-state index is -4.00. The van der Waals surface area contributed by atoms with Gasteiger partial charge in [-0.15, -0.1) is 0 Å². The molecule has 1 atom stereocenters. The highest BCUT2D eigenvalue weighted by Gasteiger charge is 2.21. The second-order valence-electron chi connectivity index (χ2n) is 2.96. The number of amides is 1. The topological polar surface area (TPSA) is 111 Å². The Labute approximate surface area is 99.9 Å². The monoisotopic (exact) mass is 269 g/mol. The van der Waals surface area contributed by atoms with Crippen LogP contribution in [-0.2, 0) is 14.9 Å². The number of methoxy groups -OCH3 is 1. The van der Waals surface area contributed by atoms with Gasteiger partial charge in [0.1, 0.15) is 0 Å². The van der Waals surface area contributed by atoms with Crippen LogP contribution in [0.25, 0.3) is 0 Å². The van der Waals surface area contributed by atoms with E-state index in [1.54, 1.807) is 4.72 Å². The molecular formula is C7H15N3O4S2. The van der Waals surface area contributed by atoms with E-state index in [1.165, 1.54) is 0 Å². The summed E-state index contributed by atoms with van der Waals surface area (Å²) in [6.07, 6.45) is 0.0749. The van der Waals surface area contributed by atoms with Gasteiger partial charge in [-0.2, -0.15) is 13.1 Å². The van der Waals surface area contributed by atoms with Crippen molar-refractivity contribution in [3.63, 3.8) is 0 Å². The first-order chi connectivity index (χ1) is 7.32. The fourth-order valence-electron chi connectivity index (χ4n) is 0.916. The molecule has 0 aromatic carbocycles. The summed E-state index contributed by atoms with van der Waals surface area (Å²) in [6, 6.07) is -0.679. The average molecular weight is 269 g/mol. The van der Waals surface area contributed by atoms with Crippen molar-refractivity contribution in [1.82, 2.24) is 9.44 Å². The molecule has 0 spiro atoms. The maximum atomic E-state index is 11.4. The number of carbonyl (C=O) groups is 1. The number of rotatable bonds is 6. The van der Waals surface area contributed by atoms with E-state index in [0.717, 1.165) is 7.11 Å². The van der Waals surface area contributed by atoms with Crippen LogP contribution in [0.5, 0.6) is 0 Å². The molecule has 0 aliphatic rings. The van der Waals surface area contributed by atoms with E-state index in [-0.39, 0.29) is 4.99 Å². The largest absolute Gasteiger partial charge is 0.452 e. The van der Waals surface area contributed by atoms with Gasteiger partial charge >= 0.3 is 16.3 Å². The Morgan fingerprint density at radius 2 is 2.12 bits per heavy atom. The van der Waals surface area contributed by atoms with Crippen LogP contribution in [-0.4, -0.2) is 32.7 Å². The lowest BCUT2D eigenvalue weighted by atomic mass is 10.2. The second-order valence-corrected chi connectivity index (χ2v) is 4.88. The van der Waals surface area contributed by atoms with Gasteiger partial charge in [0, 0.05) is 0 Å². The van der Waals surface area contributed by atoms with Gasteiger partial charge in [0.25, 0.3) is 0 Å². The normalized spacial score (nSPS) is 12.9. The molecule has 7 nitrogen and oxygen atoms in total. The Bertz CT molecular complexity index is 355. The lowest BCUT2D eigenvalue weighted by molar-refractivity contribution is 0.177. The number of carbonyl (C=O) groups excluding carboxylic acids is 1. The van der Waals surface area contributed by atoms with Crippen molar-refractivity contribution in [2.24, 2.45) is 5.73 Å². The summed E-state index contributed by atoms with van der Waals surface area (Å²) in [5.41, 5.74) is 5.35. The standard InChI is InChI=1S/C7H15N3O4S2/c1-3-4-5(6(8)15)9-16(12,13)10-7(11)14-2/h5,9H,3-4H2,1-2H3,(H2,8,15)(H,10,11). The number of nitrogens with one attached hydrogen (secondary N) is 2. The number of thiocarbonyl (C=S) groups is 1. The molecule has 0 rings (SSSR count). The van der Waals surface area contributed by atoms with Crippen LogP contribution in [0.3, 0.4) is 0 Å². The van der Waals surface area contributed by atoms with Crippen LogP contribution in [0.4, 0.5) is 4.79 Å². The third kappa shape index (κ3) is 5.83. The zero-order valence-corrected chi connectivity index (χ0v) is 10.7. The van der Waals surface area contributed by atoms with Gasteiger partial charge in [-0.1, -0.05) is 25.6 Å². The van der Waals surface area contributed by atoms with Crippen molar-refractivity contribution in [3.05, 3.63) is 0 Å². The predicted octanol–water partition coefficient (Wildman–Crippen LogP) is -0.368. The molecule has 0 fully saturated rings. The summed E-state index contributed by atoms with van der Waals surface area (Å²) in [5, 5.41) is 0. The van der Waals surface area contributed by atoms with E-state index in [0.29, 0.717) is 12.8 Å². The molecule has 0 saturated carbocycles. The Balaban J connectivity index is 4.54. The van der Waals surface area contributed by atoms with Crippen LogP contribution in [0.1, 0.15) is 19.8 Å². The van der Waals surface area contributed by atoms with E-state index in [9.17, 15) is 13.2 Å². The molecule has 94 valence electrons. The van der Waals surface area contributed by atoms with Crippen molar-refractivity contribution in [2.45, 2.75) is 25.8 Å². The van der Waals surface area contributed by atoms with E-state index >= 15 is 0 Å². The molecule has 0 bridgehead atoms. The summed E-state index contributed by atoms with van der Waals surface area (Å²) in [6.45, 7) is 1.85. The van der Waals surface area contributed by atoms with Gasteiger partial charge < -0.3 is 10.5 Å². The first-order valence-corrected chi connectivity index (χ1v) is 6.38. The molecule has 1 amide bonds. The Kier molecular flexibility index (Phi) is 6.22. The van der Waals surface area contributed by atoms with Crippen molar-refractivity contribution < 1.29 is 17.9 Å². The van der Waals surface area contributed by atoms with Crippen LogP contribution in [0.2, 0.25) is 0 Å². The predicted molar refractivity (Wildman–Crippen MR) is 63.1 cm³/mol. The quantitative estimate of drug-likeness (QED) is 0.567. The lowest BCUT2D eigenvalue weighted by Gasteiger charge is -2.16. The minimum absolute atomic E-state index is 0.0251. The third-order valence-electron chi connectivity index (χ3n) is 1.62. The first-order valence-electron chi connectivity index (χ1n) is 4.49. The molecule has 9 heteroatoms. The fraction of sp³-hybridized carbons (Fsp3) is 0.714. The van der Waals surface area contributed by atoms with E-state index in [4.69, 9.17) is 18.0 Å². The summed E-state index contributed by atoms with van der Waals surface area (Å²) < 4.78 is 30.6. The molecule has 0 aliphatic carbocycles. The summed E-state index contributed by atoms with van der Waals surface area (Å²) in [7, 11) is -2.94. The molecule has 0 radical (unpaired) electrons. The van der Waals surface area contributed by atoms with Crippen LogP contribution in [0.15, 0.2) is 0 Å². The third-order valence-corrected chi connectivity index (χ3v) is 2.94. The molecule has 0 aromatic rings. The van der Waals surface area contributed by atoms with Gasteiger partial charge in [0.05, 0.1) is 18.1 Å². The average Bonchev–Trinajstić information content (AvgIpc) is 2.15. The molecular weight excluding hydrogens is 254 g/mol. The van der Waals surface area contributed by atoms with Gasteiger partial charge in [-0.25, -0.2) is 9.52 Å². The molecule has 4 N–H and O–H groups in total. The van der Waals surface area contributed by atoms with Crippen LogP contribution in [0, 0.1) is 0 Å². The molecule has 0 heterocycles. The van der Waals surface area contributed by atoms with Gasteiger partial charge in [0.15, 0.2) is 0 Å².